The van der Waals surface area contributed by atoms with Gasteiger partial charge in [0, 0.05) is 39.5 Å². The van der Waals surface area contributed by atoms with Crippen LogP contribution in [-0.4, -0.2) is 58.5 Å². The highest BCUT2D eigenvalue weighted by molar-refractivity contribution is 14.0. The molecule has 0 atom stereocenters. The molecule has 1 aromatic carbocycles. The van der Waals surface area contributed by atoms with Crippen molar-refractivity contribution in [3.63, 3.8) is 0 Å². The maximum absolute atomic E-state index is 12.3. The maximum atomic E-state index is 12.3. The monoisotopic (exact) mass is 541 g/mol. The molecule has 1 fully saturated rings. The number of aliphatic imine (C=N–C) groups is 1. The van der Waals surface area contributed by atoms with Crippen molar-refractivity contribution in [2.24, 2.45) is 10.9 Å². The summed E-state index contributed by atoms with van der Waals surface area (Å²) in [6.45, 7) is 6.57. The molecule has 0 bridgehead atoms. The van der Waals surface area contributed by atoms with Gasteiger partial charge in [-0.05, 0) is 49.8 Å². The van der Waals surface area contributed by atoms with Crippen LogP contribution in [0.1, 0.15) is 31.7 Å². The molecular weight excluding hydrogens is 507 g/mol. The summed E-state index contributed by atoms with van der Waals surface area (Å²) in [7, 11) is 0. The first-order chi connectivity index (χ1) is 14.2. The van der Waals surface area contributed by atoms with Gasteiger partial charge in [-0.3, -0.25) is 0 Å². The van der Waals surface area contributed by atoms with Gasteiger partial charge in [0.05, 0.1) is 6.54 Å². The summed E-state index contributed by atoms with van der Waals surface area (Å²) in [6.07, 6.45) is 0.583. The van der Waals surface area contributed by atoms with Gasteiger partial charge in [-0.1, -0.05) is 12.1 Å². The molecule has 172 valence electrons. The van der Waals surface area contributed by atoms with Crippen LogP contribution in [0.5, 0.6) is 5.75 Å². The van der Waals surface area contributed by atoms with Crippen LogP contribution < -0.4 is 15.4 Å². The van der Waals surface area contributed by atoms with Crippen molar-refractivity contribution in [2.75, 3.05) is 46.1 Å². The van der Waals surface area contributed by atoms with Gasteiger partial charge in [-0.25, -0.2) is 13.8 Å². The standard InChI is InChI=1S/C21H33F2N3O3.HI/c1-2-24-21(25-9-4-10-28-15-17-7-11-27-12-8-17)26-14-18-5-3-6-19(13-18)29-16-20(22)23;/h3,5-6,13,17,20H,2,4,7-12,14-16H2,1H3,(H2,24,25,26);1H. The fraction of sp³-hybridized carbons (Fsp3) is 0.667. The lowest BCUT2D eigenvalue weighted by Crippen LogP contribution is -2.38. The van der Waals surface area contributed by atoms with Gasteiger partial charge < -0.3 is 24.8 Å². The number of halogens is 3. The third kappa shape index (κ3) is 11.8. The lowest BCUT2D eigenvalue weighted by molar-refractivity contribution is 0.0203. The maximum Gasteiger partial charge on any atom is 0.272 e. The number of rotatable bonds is 12. The zero-order valence-electron chi connectivity index (χ0n) is 17.6. The number of nitrogens with zero attached hydrogens (tertiary/aromatic N) is 1. The molecule has 2 N–H and O–H groups in total. The molecule has 1 aliphatic heterocycles. The Kier molecular flexibility index (Phi) is 14.7. The Morgan fingerprint density at radius 2 is 2.07 bits per heavy atom. The molecule has 2 rings (SSSR count). The predicted molar refractivity (Wildman–Crippen MR) is 125 cm³/mol. The molecular formula is C21H34F2IN3O3. The second-order valence-corrected chi connectivity index (χ2v) is 6.96. The highest BCUT2D eigenvalue weighted by Crippen LogP contribution is 2.15. The van der Waals surface area contributed by atoms with E-state index in [1.54, 1.807) is 18.2 Å². The van der Waals surface area contributed by atoms with Crippen LogP contribution in [0.15, 0.2) is 29.3 Å². The van der Waals surface area contributed by atoms with Crippen LogP contribution in [0.4, 0.5) is 8.78 Å². The van der Waals surface area contributed by atoms with E-state index in [2.05, 4.69) is 15.6 Å². The topological polar surface area (TPSA) is 64.1 Å². The second-order valence-electron chi connectivity index (χ2n) is 6.96. The Hall–Kier alpha value is -1.20. The Morgan fingerprint density at radius 1 is 1.27 bits per heavy atom. The molecule has 0 amide bonds. The van der Waals surface area contributed by atoms with Gasteiger partial charge in [0.25, 0.3) is 6.43 Å². The normalized spacial score (nSPS) is 15.0. The van der Waals surface area contributed by atoms with Crippen molar-refractivity contribution < 1.29 is 23.0 Å². The largest absolute Gasteiger partial charge is 0.488 e. The minimum atomic E-state index is -2.48. The Morgan fingerprint density at radius 3 is 2.80 bits per heavy atom. The van der Waals surface area contributed by atoms with Gasteiger partial charge in [0.1, 0.15) is 12.4 Å². The number of hydrogen-bond donors (Lipinski definition) is 2. The Bertz CT molecular complexity index is 603. The number of hydrogen-bond acceptors (Lipinski definition) is 4. The number of ether oxygens (including phenoxy) is 3. The van der Waals surface area contributed by atoms with Crippen molar-refractivity contribution in [2.45, 2.75) is 39.2 Å². The molecule has 6 nitrogen and oxygen atoms in total. The van der Waals surface area contributed by atoms with E-state index in [1.165, 1.54) is 0 Å². The molecule has 0 radical (unpaired) electrons. The van der Waals surface area contributed by atoms with Crippen LogP contribution in [0.3, 0.4) is 0 Å². The summed E-state index contributed by atoms with van der Waals surface area (Å²) in [6, 6.07) is 7.08. The fourth-order valence-corrected chi connectivity index (χ4v) is 2.95. The summed E-state index contributed by atoms with van der Waals surface area (Å²) in [5, 5.41) is 6.50. The van der Waals surface area contributed by atoms with Gasteiger partial charge in [0.2, 0.25) is 0 Å². The third-order valence-electron chi connectivity index (χ3n) is 4.49. The van der Waals surface area contributed by atoms with E-state index in [0.29, 0.717) is 24.8 Å². The summed E-state index contributed by atoms with van der Waals surface area (Å²) in [5.41, 5.74) is 0.897. The van der Waals surface area contributed by atoms with Gasteiger partial charge in [-0.15, -0.1) is 24.0 Å². The first-order valence-corrected chi connectivity index (χ1v) is 10.3. The SMILES string of the molecule is CCNC(=NCc1cccc(OCC(F)F)c1)NCCCOCC1CCOCC1.I. The lowest BCUT2D eigenvalue weighted by atomic mass is 10.0. The van der Waals surface area contributed by atoms with E-state index in [9.17, 15) is 8.78 Å². The molecule has 1 aromatic rings. The summed E-state index contributed by atoms with van der Waals surface area (Å²) >= 11 is 0. The molecule has 0 saturated carbocycles. The molecule has 30 heavy (non-hydrogen) atoms. The third-order valence-corrected chi connectivity index (χ3v) is 4.49. The first kappa shape index (κ1) is 26.8. The van der Waals surface area contributed by atoms with Crippen molar-refractivity contribution in [1.29, 1.82) is 0 Å². The molecule has 0 aromatic heterocycles. The van der Waals surface area contributed by atoms with E-state index in [-0.39, 0.29) is 24.0 Å². The number of guanidine groups is 1. The zero-order valence-corrected chi connectivity index (χ0v) is 19.9. The van der Waals surface area contributed by atoms with Crippen molar-refractivity contribution >= 4 is 29.9 Å². The molecule has 0 unspecified atom stereocenters. The Balaban J connectivity index is 0.00000450. The average Bonchev–Trinajstić information content (AvgIpc) is 2.74. The number of benzene rings is 1. The lowest BCUT2D eigenvalue weighted by Gasteiger charge is -2.21. The molecule has 0 aliphatic carbocycles. The average molecular weight is 541 g/mol. The van der Waals surface area contributed by atoms with Crippen molar-refractivity contribution in [3.05, 3.63) is 29.8 Å². The van der Waals surface area contributed by atoms with Gasteiger partial charge in [0.15, 0.2) is 5.96 Å². The Labute approximate surface area is 195 Å². The van der Waals surface area contributed by atoms with Crippen LogP contribution in [0, 0.1) is 5.92 Å². The summed E-state index contributed by atoms with van der Waals surface area (Å²) < 4.78 is 40.7. The molecule has 1 heterocycles. The van der Waals surface area contributed by atoms with Crippen molar-refractivity contribution in [3.8, 4) is 5.75 Å². The fourth-order valence-electron chi connectivity index (χ4n) is 2.95. The molecule has 1 saturated heterocycles. The quantitative estimate of drug-likeness (QED) is 0.182. The highest BCUT2D eigenvalue weighted by Gasteiger charge is 2.13. The van der Waals surface area contributed by atoms with Crippen LogP contribution in [0.2, 0.25) is 0 Å². The summed E-state index contributed by atoms with van der Waals surface area (Å²) in [4.78, 5) is 4.55. The minimum absolute atomic E-state index is 0. The summed E-state index contributed by atoms with van der Waals surface area (Å²) in [5.74, 6) is 1.77. The number of alkyl halides is 2. The van der Waals surface area contributed by atoms with E-state index in [4.69, 9.17) is 14.2 Å². The van der Waals surface area contributed by atoms with E-state index < -0.39 is 13.0 Å². The minimum Gasteiger partial charge on any atom is -0.488 e. The van der Waals surface area contributed by atoms with E-state index >= 15 is 0 Å². The molecule has 1 aliphatic rings. The van der Waals surface area contributed by atoms with E-state index in [1.807, 2.05) is 13.0 Å². The predicted octanol–water partition coefficient (Wildman–Crippen LogP) is 3.84. The number of nitrogens with one attached hydrogen (secondary N) is 2. The highest BCUT2D eigenvalue weighted by atomic mass is 127. The molecule has 9 heteroatoms. The second kappa shape index (κ2) is 16.5. The molecule has 0 spiro atoms. The van der Waals surface area contributed by atoms with E-state index in [0.717, 1.165) is 63.7 Å². The van der Waals surface area contributed by atoms with Gasteiger partial charge in [-0.2, -0.15) is 0 Å². The van der Waals surface area contributed by atoms with Crippen LogP contribution in [-0.2, 0) is 16.0 Å². The van der Waals surface area contributed by atoms with Gasteiger partial charge >= 0.3 is 0 Å². The van der Waals surface area contributed by atoms with Crippen molar-refractivity contribution in [1.82, 2.24) is 10.6 Å². The zero-order chi connectivity index (χ0) is 20.7. The first-order valence-electron chi connectivity index (χ1n) is 10.3. The smallest absolute Gasteiger partial charge is 0.272 e. The van der Waals surface area contributed by atoms with Crippen LogP contribution >= 0.6 is 24.0 Å². The van der Waals surface area contributed by atoms with Crippen LogP contribution in [0.25, 0.3) is 0 Å².